The van der Waals surface area contributed by atoms with E-state index in [1.165, 1.54) is 12.8 Å². The summed E-state index contributed by atoms with van der Waals surface area (Å²) >= 11 is 0. The number of rotatable bonds is 9. The van der Waals surface area contributed by atoms with Gasteiger partial charge in [0.15, 0.2) is 0 Å². The number of hydrogen-bond acceptors (Lipinski definition) is 3. The largest absolute Gasteiger partial charge is 0.368 e. The molecule has 0 aromatic carbocycles. The fourth-order valence-electron chi connectivity index (χ4n) is 3.46. The third-order valence-electron chi connectivity index (χ3n) is 5.24. The first-order valence-electron chi connectivity index (χ1n) is 8.28. The van der Waals surface area contributed by atoms with Crippen LogP contribution in [-0.4, -0.2) is 36.0 Å². The molecule has 0 heterocycles. The summed E-state index contributed by atoms with van der Waals surface area (Å²) in [7, 11) is 0. The topological polar surface area (TPSA) is 72.3 Å². The predicted octanol–water partition coefficient (Wildman–Crippen LogP) is 2.12. The van der Waals surface area contributed by atoms with Crippen LogP contribution in [0.3, 0.4) is 0 Å². The zero-order chi connectivity index (χ0) is 15.2. The van der Waals surface area contributed by atoms with Crippen LogP contribution in [-0.2, 0) is 4.79 Å². The highest BCUT2D eigenvalue weighted by Crippen LogP contribution is 2.36. The van der Waals surface area contributed by atoms with Crippen molar-refractivity contribution in [2.45, 2.75) is 64.8 Å². The molecule has 1 aliphatic rings. The summed E-state index contributed by atoms with van der Waals surface area (Å²) in [5, 5.41) is 0. The summed E-state index contributed by atoms with van der Waals surface area (Å²) < 4.78 is 0. The molecule has 0 spiro atoms. The molecule has 1 aliphatic carbocycles. The van der Waals surface area contributed by atoms with Crippen molar-refractivity contribution >= 4 is 5.91 Å². The molecule has 20 heavy (non-hydrogen) atoms. The maximum atomic E-state index is 11.6. The van der Waals surface area contributed by atoms with Gasteiger partial charge in [-0.05, 0) is 44.2 Å². The van der Waals surface area contributed by atoms with Gasteiger partial charge in [0, 0.05) is 6.54 Å². The van der Waals surface area contributed by atoms with E-state index in [0.717, 1.165) is 51.2 Å². The molecule has 1 saturated carbocycles. The molecule has 0 aliphatic heterocycles. The van der Waals surface area contributed by atoms with Gasteiger partial charge in [0.25, 0.3) is 0 Å². The van der Waals surface area contributed by atoms with Crippen molar-refractivity contribution in [1.82, 2.24) is 4.90 Å². The summed E-state index contributed by atoms with van der Waals surface area (Å²) in [5.41, 5.74) is 11.0. The van der Waals surface area contributed by atoms with E-state index in [-0.39, 0.29) is 11.8 Å². The standard InChI is InChI=1S/C16H33N3O/c1-4-13(5-2)12-19(6-3)11-9-14-8-7-10-16(14,18)15(17)20/h13-14H,4-12,18H2,1-3H3,(H2,17,20). The Balaban J connectivity index is 2.49. The number of amides is 1. The van der Waals surface area contributed by atoms with Crippen molar-refractivity contribution in [1.29, 1.82) is 0 Å². The Morgan fingerprint density at radius 2 is 2.00 bits per heavy atom. The Kier molecular flexibility index (Phi) is 6.96. The number of carbonyl (C=O) groups excluding carboxylic acids is 1. The molecule has 118 valence electrons. The summed E-state index contributed by atoms with van der Waals surface area (Å²) in [4.78, 5) is 14.1. The number of hydrogen-bond donors (Lipinski definition) is 2. The molecule has 4 heteroatoms. The molecule has 0 aromatic rings. The molecule has 2 unspecified atom stereocenters. The average molecular weight is 283 g/mol. The highest BCUT2D eigenvalue weighted by Gasteiger charge is 2.43. The highest BCUT2D eigenvalue weighted by molar-refractivity contribution is 5.85. The van der Waals surface area contributed by atoms with Gasteiger partial charge in [-0.2, -0.15) is 0 Å². The number of nitrogens with two attached hydrogens (primary N) is 2. The van der Waals surface area contributed by atoms with E-state index >= 15 is 0 Å². The van der Waals surface area contributed by atoms with Crippen LogP contribution in [0, 0.1) is 11.8 Å². The van der Waals surface area contributed by atoms with E-state index < -0.39 is 5.54 Å². The zero-order valence-electron chi connectivity index (χ0n) is 13.5. The SMILES string of the molecule is CCC(CC)CN(CC)CCC1CCCC1(N)C(N)=O. The molecule has 0 bridgehead atoms. The maximum absolute atomic E-state index is 11.6. The van der Waals surface area contributed by atoms with Gasteiger partial charge < -0.3 is 16.4 Å². The van der Waals surface area contributed by atoms with Gasteiger partial charge in [-0.25, -0.2) is 0 Å². The molecule has 1 fully saturated rings. The second kappa shape index (κ2) is 7.99. The first kappa shape index (κ1) is 17.4. The molecule has 1 amide bonds. The molecule has 4 N–H and O–H groups in total. The van der Waals surface area contributed by atoms with Crippen molar-refractivity contribution in [2.75, 3.05) is 19.6 Å². The van der Waals surface area contributed by atoms with Crippen LogP contribution in [0.2, 0.25) is 0 Å². The van der Waals surface area contributed by atoms with Crippen LogP contribution >= 0.6 is 0 Å². The summed E-state index contributed by atoms with van der Waals surface area (Å²) in [6.07, 6.45) is 6.29. The molecule has 1 rings (SSSR count). The van der Waals surface area contributed by atoms with Crippen LogP contribution < -0.4 is 11.5 Å². The van der Waals surface area contributed by atoms with E-state index in [1.807, 2.05) is 0 Å². The Morgan fingerprint density at radius 1 is 1.35 bits per heavy atom. The van der Waals surface area contributed by atoms with E-state index in [9.17, 15) is 4.79 Å². The quantitative estimate of drug-likeness (QED) is 0.681. The second-order valence-corrected chi connectivity index (χ2v) is 6.36. The second-order valence-electron chi connectivity index (χ2n) is 6.36. The predicted molar refractivity (Wildman–Crippen MR) is 84.3 cm³/mol. The van der Waals surface area contributed by atoms with E-state index in [4.69, 9.17) is 11.5 Å². The first-order chi connectivity index (χ1) is 9.47. The summed E-state index contributed by atoms with van der Waals surface area (Å²) in [6.45, 7) is 9.99. The normalized spacial score (nSPS) is 26.6. The first-order valence-corrected chi connectivity index (χ1v) is 8.28. The molecular weight excluding hydrogens is 250 g/mol. The number of primary amides is 1. The lowest BCUT2D eigenvalue weighted by Gasteiger charge is -2.31. The van der Waals surface area contributed by atoms with Gasteiger partial charge in [-0.15, -0.1) is 0 Å². The minimum absolute atomic E-state index is 0.260. The molecule has 0 saturated heterocycles. The van der Waals surface area contributed by atoms with Gasteiger partial charge in [0.2, 0.25) is 5.91 Å². The minimum Gasteiger partial charge on any atom is -0.368 e. The van der Waals surface area contributed by atoms with Crippen molar-refractivity contribution in [3.8, 4) is 0 Å². The van der Waals surface area contributed by atoms with Crippen molar-refractivity contribution in [2.24, 2.45) is 23.3 Å². The Morgan fingerprint density at radius 3 is 2.50 bits per heavy atom. The highest BCUT2D eigenvalue weighted by atomic mass is 16.1. The van der Waals surface area contributed by atoms with Crippen LogP contribution in [0.15, 0.2) is 0 Å². The van der Waals surface area contributed by atoms with Gasteiger partial charge in [-0.1, -0.05) is 40.0 Å². The molecule has 0 radical (unpaired) electrons. The summed E-state index contributed by atoms with van der Waals surface area (Å²) in [5.74, 6) is 0.719. The van der Waals surface area contributed by atoms with Crippen molar-refractivity contribution in [3.63, 3.8) is 0 Å². The van der Waals surface area contributed by atoms with Crippen LogP contribution in [0.5, 0.6) is 0 Å². The van der Waals surface area contributed by atoms with Gasteiger partial charge >= 0.3 is 0 Å². The third kappa shape index (κ3) is 4.19. The van der Waals surface area contributed by atoms with E-state index in [2.05, 4.69) is 25.7 Å². The Bertz CT molecular complexity index is 304. The van der Waals surface area contributed by atoms with Crippen LogP contribution in [0.25, 0.3) is 0 Å². The van der Waals surface area contributed by atoms with E-state index in [0.29, 0.717) is 0 Å². The molecule has 0 aromatic heterocycles. The Hall–Kier alpha value is -0.610. The molecule has 2 atom stereocenters. The lowest BCUT2D eigenvalue weighted by Crippen LogP contribution is -2.55. The minimum atomic E-state index is -0.756. The van der Waals surface area contributed by atoms with Crippen molar-refractivity contribution < 1.29 is 4.79 Å². The monoisotopic (exact) mass is 283 g/mol. The van der Waals surface area contributed by atoms with Gasteiger partial charge in [0.05, 0.1) is 5.54 Å². The number of carbonyl (C=O) groups is 1. The number of nitrogens with zero attached hydrogens (tertiary/aromatic N) is 1. The fourth-order valence-corrected chi connectivity index (χ4v) is 3.46. The van der Waals surface area contributed by atoms with Crippen molar-refractivity contribution in [3.05, 3.63) is 0 Å². The van der Waals surface area contributed by atoms with Gasteiger partial charge in [0.1, 0.15) is 0 Å². The lowest BCUT2D eigenvalue weighted by molar-refractivity contribution is -0.124. The zero-order valence-corrected chi connectivity index (χ0v) is 13.5. The smallest absolute Gasteiger partial charge is 0.237 e. The van der Waals surface area contributed by atoms with Crippen LogP contribution in [0.1, 0.15) is 59.3 Å². The Labute approximate surface area is 124 Å². The van der Waals surface area contributed by atoms with Gasteiger partial charge in [-0.3, -0.25) is 4.79 Å². The summed E-state index contributed by atoms with van der Waals surface area (Å²) in [6, 6.07) is 0. The van der Waals surface area contributed by atoms with Crippen LogP contribution in [0.4, 0.5) is 0 Å². The molecule has 4 nitrogen and oxygen atoms in total. The maximum Gasteiger partial charge on any atom is 0.237 e. The molecular formula is C16H33N3O. The lowest BCUT2D eigenvalue weighted by atomic mass is 9.85. The average Bonchev–Trinajstić information content (AvgIpc) is 2.82. The third-order valence-corrected chi connectivity index (χ3v) is 5.24. The fraction of sp³-hybridized carbons (Fsp3) is 0.938. The van der Waals surface area contributed by atoms with E-state index in [1.54, 1.807) is 0 Å².